The molecule has 45 heavy (non-hydrogen) atoms. The van der Waals surface area contributed by atoms with E-state index in [9.17, 15) is 13.0 Å². The van der Waals surface area contributed by atoms with E-state index >= 15 is 0 Å². The van der Waals surface area contributed by atoms with Crippen LogP contribution in [0.2, 0.25) is 10.0 Å². The highest BCUT2D eigenvalue weighted by Gasteiger charge is 2.23. The van der Waals surface area contributed by atoms with Crippen LogP contribution in [0.1, 0.15) is 47.6 Å². The van der Waals surface area contributed by atoms with Crippen molar-refractivity contribution in [3.05, 3.63) is 159 Å². The van der Waals surface area contributed by atoms with Crippen LogP contribution in [-0.2, 0) is 23.2 Å². The molecule has 0 bridgehead atoms. The highest BCUT2D eigenvalue weighted by atomic mass is 35.5. The van der Waals surface area contributed by atoms with Gasteiger partial charge in [-0.25, -0.2) is 0 Å². The third-order valence-electron chi connectivity index (χ3n) is 8.02. The lowest BCUT2D eigenvalue weighted by Gasteiger charge is -2.27. The van der Waals surface area contributed by atoms with Gasteiger partial charge in [-0.15, -0.1) is 0 Å². The van der Waals surface area contributed by atoms with Crippen molar-refractivity contribution in [2.75, 3.05) is 22.9 Å². The molecule has 0 aliphatic carbocycles. The summed E-state index contributed by atoms with van der Waals surface area (Å²) >= 11 is 13.6. The van der Waals surface area contributed by atoms with E-state index in [0.29, 0.717) is 23.1 Å². The SMILES string of the molecule is CCN(Cc1ccccc1)c1ccc(C(c2ccc(N(CC)Cc3cccc(S(=O)(=O)O)c3)cc2)c2c(Cl)cccc2Cl)cc1. The van der Waals surface area contributed by atoms with Crippen LogP contribution in [0.15, 0.2) is 126 Å². The Hall–Kier alpha value is -3.81. The van der Waals surface area contributed by atoms with E-state index in [0.717, 1.165) is 46.7 Å². The molecule has 0 aromatic heterocycles. The molecule has 5 rings (SSSR count). The fraction of sp³-hybridized carbons (Fsp3) is 0.189. The molecule has 1 unspecified atom stereocenters. The minimum absolute atomic E-state index is 0.112. The molecule has 1 N–H and O–H groups in total. The van der Waals surface area contributed by atoms with Crippen molar-refractivity contribution >= 4 is 44.7 Å². The average molecular weight is 660 g/mol. The highest BCUT2D eigenvalue weighted by molar-refractivity contribution is 7.85. The summed E-state index contributed by atoms with van der Waals surface area (Å²) < 4.78 is 32.8. The third kappa shape index (κ3) is 7.89. The molecule has 1 atom stereocenters. The summed E-state index contributed by atoms with van der Waals surface area (Å²) in [6, 6.07) is 39.4. The van der Waals surface area contributed by atoms with Gasteiger partial charge in [0, 0.05) is 59.1 Å². The Labute approximate surface area is 276 Å². The standard InChI is InChI=1S/C37H36Cl2N2O3S/c1-3-40(25-27-10-6-5-7-11-27)31-20-16-29(17-21-31)36(37-34(38)14-9-15-35(37)39)30-18-22-32(23-19-30)41(4-2)26-28-12-8-13-33(24-28)45(42,43)44/h5-24,36H,3-4,25-26H2,1-2H3,(H,42,43,44). The predicted molar refractivity (Wildman–Crippen MR) is 186 cm³/mol. The van der Waals surface area contributed by atoms with Gasteiger partial charge in [0.1, 0.15) is 0 Å². The monoisotopic (exact) mass is 658 g/mol. The van der Waals surface area contributed by atoms with E-state index in [4.69, 9.17) is 23.2 Å². The van der Waals surface area contributed by atoms with E-state index < -0.39 is 10.1 Å². The molecule has 8 heteroatoms. The van der Waals surface area contributed by atoms with Crippen LogP contribution >= 0.6 is 23.2 Å². The lowest BCUT2D eigenvalue weighted by Crippen LogP contribution is -2.22. The van der Waals surface area contributed by atoms with Crippen molar-refractivity contribution in [1.29, 1.82) is 0 Å². The maximum absolute atomic E-state index is 11.7. The Kier molecular flexibility index (Phi) is 10.5. The molecule has 0 saturated heterocycles. The van der Waals surface area contributed by atoms with Gasteiger partial charge in [-0.05, 0) is 84.6 Å². The summed E-state index contributed by atoms with van der Waals surface area (Å²) in [5, 5.41) is 1.21. The summed E-state index contributed by atoms with van der Waals surface area (Å²) in [5.74, 6) is -0.194. The average Bonchev–Trinajstić information content (AvgIpc) is 3.05. The van der Waals surface area contributed by atoms with Gasteiger partial charge in [0.05, 0.1) is 4.90 Å². The van der Waals surface area contributed by atoms with Crippen molar-refractivity contribution in [2.45, 2.75) is 37.8 Å². The quantitative estimate of drug-likeness (QED) is 0.107. The molecule has 0 radical (unpaired) electrons. The first-order chi connectivity index (χ1) is 21.7. The van der Waals surface area contributed by atoms with E-state index in [1.54, 1.807) is 6.07 Å². The second-order valence-corrected chi connectivity index (χ2v) is 13.1. The van der Waals surface area contributed by atoms with E-state index in [2.05, 4.69) is 89.5 Å². The Bertz CT molecular complexity index is 1810. The van der Waals surface area contributed by atoms with E-state index in [-0.39, 0.29) is 10.8 Å². The molecule has 0 aliphatic heterocycles. The number of halogens is 2. The summed E-state index contributed by atoms with van der Waals surface area (Å²) in [6.45, 7) is 7.10. The van der Waals surface area contributed by atoms with E-state index in [1.807, 2.05) is 37.3 Å². The fourth-order valence-electron chi connectivity index (χ4n) is 5.67. The molecular weight excluding hydrogens is 623 g/mol. The largest absolute Gasteiger partial charge is 0.367 e. The molecule has 0 amide bonds. The number of rotatable bonds is 12. The Balaban J connectivity index is 1.46. The zero-order valence-electron chi connectivity index (χ0n) is 25.3. The number of nitrogens with zero attached hydrogens (tertiary/aromatic N) is 2. The highest BCUT2D eigenvalue weighted by Crippen LogP contribution is 2.41. The first-order valence-corrected chi connectivity index (χ1v) is 17.1. The number of hydrogen-bond donors (Lipinski definition) is 1. The van der Waals surface area contributed by atoms with Crippen LogP contribution in [-0.4, -0.2) is 26.1 Å². The molecule has 0 aliphatic rings. The lowest BCUT2D eigenvalue weighted by molar-refractivity contribution is 0.483. The van der Waals surface area contributed by atoms with Gasteiger partial charge in [0.15, 0.2) is 0 Å². The van der Waals surface area contributed by atoms with Gasteiger partial charge < -0.3 is 9.80 Å². The lowest BCUT2D eigenvalue weighted by atomic mass is 9.84. The van der Waals surface area contributed by atoms with Crippen molar-refractivity contribution in [2.24, 2.45) is 0 Å². The van der Waals surface area contributed by atoms with Crippen LogP contribution < -0.4 is 9.80 Å². The van der Waals surface area contributed by atoms with Crippen molar-refractivity contribution in [3.8, 4) is 0 Å². The number of anilines is 2. The van der Waals surface area contributed by atoms with Crippen LogP contribution in [0.5, 0.6) is 0 Å². The fourth-order valence-corrected chi connectivity index (χ4v) is 6.83. The maximum Gasteiger partial charge on any atom is 0.294 e. The minimum atomic E-state index is -4.27. The normalized spacial score (nSPS) is 12.1. The second kappa shape index (κ2) is 14.5. The van der Waals surface area contributed by atoms with Crippen LogP contribution in [0, 0.1) is 0 Å². The summed E-state index contributed by atoms with van der Waals surface area (Å²) in [5.41, 5.74) is 7.14. The van der Waals surface area contributed by atoms with Gasteiger partial charge >= 0.3 is 0 Å². The van der Waals surface area contributed by atoms with Crippen LogP contribution in [0.4, 0.5) is 11.4 Å². The molecular formula is C37H36Cl2N2O3S. The predicted octanol–water partition coefficient (Wildman–Crippen LogP) is 9.47. The topological polar surface area (TPSA) is 60.9 Å². The molecule has 5 aromatic rings. The second-order valence-electron chi connectivity index (χ2n) is 10.9. The Morgan fingerprint density at radius 2 is 1.09 bits per heavy atom. The molecule has 0 spiro atoms. The molecule has 0 saturated carbocycles. The third-order valence-corrected chi connectivity index (χ3v) is 9.53. The van der Waals surface area contributed by atoms with Crippen LogP contribution in [0.3, 0.4) is 0 Å². The molecule has 5 aromatic carbocycles. The number of hydrogen-bond acceptors (Lipinski definition) is 4. The molecule has 5 nitrogen and oxygen atoms in total. The van der Waals surface area contributed by atoms with Gasteiger partial charge in [-0.2, -0.15) is 8.42 Å². The zero-order chi connectivity index (χ0) is 32.0. The number of benzene rings is 5. The van der Waals surface area contributed by atoms with Gasteiger partial charge in [-0.1, -0.05) is 96.0 Å². The summed E-state index contributed by atoms with van der Waals surface area (Å²) in [7, 11) is -4.27. The van der Waals surface area contributed by atoms with Gasteiger partial charge in [-0.3, -0.25) is 4.55 Å². The maximum atomic E-state index is 11.7. The van der Waals surface area contributed by atoms with Crippen molar-refractivity contribution < 1.29 is 13.0 Å². The summed E-state index contributed by atoms with van der Waals surface area (Å²) in [4.78, 5) is 4.38. The Morgan fingerprint density at radius 1 is 0.622 bits per heavy atom. The summed E-state index contributed by atoms with van der Waals surface area (Å²) in [6.07, 6.45) is 0. The molecule has 232 valence electrons. The van der Waals surface area contributed by atoms with Crippen molar-refractivity contribution in [3.63, 3.8) is 0 Å². The zero-order valence-corrected chi connectivity index (χ0v) is 27.6. The van der Waals surface area contributed by atoms with Gasteiger partial charge in [0.25, 0.3) is 10.1 Å². The first kappa shape index (κ1) is 32.6. The van der Waals surface area contributed by atoms with E-state index in [1.165, 1.54) is 17.7 Å². The molecule has 0 fully saturated rings. The van der Waals surface area contributed by atoms with Crippen LogP contribution in [0.25, 0.3) is 0 Å². The minimum Gasteiger partial charge on any atom is -0.367 e. The van der Waals surface area contributed by atoms with Gasteiger partial charge in [0.2, 0.25) is 0 Å². The Morgan fingerprint density at radius 3 is 1.58 bits per heavy atom. The molecule has 0 heterocycles. The van der Waals surface area contributed by atoms with Crippen molar-refractivity contribution in [1.82, 2.24) is 0 Å². The smallest absolute Gasteiger partial charge is 0.294 e. The first-order valence-electron chi connectivity index (χ1n) is 14.9.